The Kier molecular flexibility index (Phi) is 14.6. The van der Waals surface area contributed by atoms with Crippen LogP contribution < -0.4 is 10.6 Å². The van der Waals surface area contributed by atoms with Gasteiger partial charge in [-0.15, -0.1) is 6.42 Å². The lowest BCUT2D eigenvalue weighted by molar-refractivity contribution is -0.312. The Hall–Kier alpha value is -4.21. The van der Waals surface area contributed by atoms with Gasteiger partial charge in [0.1, 0.15) is 24.6 Å². The number of alkyl halides is 2. The third kappa shape index (κ3) is 10.9. The van der Waals surface area contributed by atoms with Gasteiger partial charge < -0.3 is 55.1 Å². The maximum absolute atomic E-state index is 13.1. The minimum Gasteiger partial charge on any atom is -0.508 e. The minimum atomic E-state index is -3.53. The molecule has 6 atom stereocenters. The molecule has 2 amide bonds. The summed E-state index contributed by atoms with van der Waals surface area (Å²) < 4.78 is 47.3. The molecule has 1 aliphatic rings. The van der Waals surface area contributed by atoms with E-state index in [2.05, 4.69) is 11.2 Å². The van der Waals surface area contributed by atoms with Crippen LogP contribution in [0.1, 0.15) is 12.0 Å². The van der Waals surface area contributed by atoms with Gasteiger partial charge in [0.2, 0.25) is 5.91 Å². The molecule has 1 fully saturated rings. The van der Waals surface area contributed by atoms with E-state index in [0.29, 0.717) is 5.56 Å². The maximum atomic E-state index is 13.1. The number of benzene rings is 2. The summed E-state index contributed by atoms with van der Waals surface area (Å²) in [6.07, 6.45) is -7.35. The first-order chi connectivity index (χ1) is 22.9. The van der Waals surface area contributed by atoms with Gasteiger partial charge in [0, 0.05) is 13.0 Å². The predicted molar refractivity (Wildman–Crippen MR) is 162 cm³/mol. The molecule has 2 aromatic carbocycles. The summed E-state index contributed by atoms with van der Waals surface area (Å²) in [6, 6.07) is 11.7. The van der Waals surface area contributed by atoms with Crippen LogP contribution in [-0.2, 0) is 39.8 Å². The lowest BCUT2D eigenvalue weighted by Gasteiger charge is -2.46. The van der Waals surface area contributed by atoms with E-state index in [1.54, 1.807) is 36.4 Å². The van der Waals surface area contributed by atoms with Crippen molar-refractivity contribution < 1.29 is 67.6 Å². The number of rotatable bonds is 18. The number of carboxylic acids is 1. The molecule has 3 rings (SSSR count). The van der Waals surface area contributed by atoms with Crippen LogP contribution in [0.3, 0.4) is 0 Å². The topological polar surface area (TPSA) is 213 Å². The number of aromatic hydroxyl groups is 1. The Labute approximate surface area is 274 Å². The first-order valence-electron chi connectivity index (χ1n) is 14.8. The number of nitrogens with one attached hydrogen (secondary N) is 2. The van der Waals surface area contributed by atoms with Crippen LogP contribution in [0.2, 0.25) is 0 Å². The van der Waals surface area contributed by atoms with Gasteiger partial charge >= 0.3 is 12.4 Å². The molecule has 16 heteroatoms. The molecule has 0 spiro atoms. The van der Waals surface area contributed by atoms with E-state index in [1.807, 2.05) is 5.32 Å². The van der Waals surface area contributed by atoms with Crippen LogP contribution in [0.25, 0.3) is 11.1 Å². The van der Waals surface area contributed by atoms with Crippen LogP contribution in [0.15, 0.2) is 48.5 Å². The molecule has 0 bridgehead atoms. The van der Waals surface area contributed by atoms with Gasteiger partial charge in [-0.05, 0) is 28.8 Å². The lowest BCUT2D eigenvalue weighted by atomic mass is 9.88. The van der Waals surface area contributed by atoms with Gasteiger partial charge in [0.25, 0.3) is 11.7 Å². The summed E-state index contributed by atoms with van der Waals surface area (Å²) in [5.41, 5.74) is 2.28. The number of phenols is 1. The molecule has 48 heavy (non-hydrogen) atoms. The highest BCUT2D eigenvalue weighted by molar-refractivity contribution is 5.80. The number of aliphatic hydroxyl groups excluding tert-OH is 3. The van der Waals surface area contributed by atoms with Gasteiger partial charge in [-0.25, -0.2) is 4.79 Å². The van der Waals surface area contributed by atoms with E-state index >= 15 is 0 Å². The largest absolute Gasteiger partial charge is 0.508 e. The van der Waals surface area contributed by atoms with Gasteiger partial charge in [0.05, 0.1) is 51.1 Å². The lowest BCUT2D eigenvalue weighted by Crippen LogP contribution is -2.68. The van der Waals surface area contributed by atoms with Gasteiger partial charge in [0.15, 0.2) is 0 Å². The summed E-state index contributed by atoms with van der Waals surface area (Å²) in [5.74, 6) is -4.43. The Morgan fingerprint density at radius 1 is 1.00 bits per heavy atom. The minimum absolute atomic E-state index is 0.0625. The van der Waals surface area contributed by atoms with E-state index in [-0.39, 0.29) is 38.6 Å². The van der Waals surface area contributed by atoms with E-state index in [9.17, 15) is 48.7 Å². The third-order valence-corrected chi connectivity index (χ3v) is 7.28. The number of aliphatic hydroxyl groups is 3. The number of amides is 2. The number of carboxylic acid groups (broad SMARTS) is 1. The summed E-state index contributed by atoms with van der Waals surface area (Å²) >= 11 is 0. The fourth-order valence-electron chi connectivity index (χ4n) is 4.83. The summed E-state index contributed by atoms with van der Waals surface area (Å²) in [6.45, 7) is -0.882. The second-order valence-corrected chi connectivity index (χ2v) is 10.7. The fraction of sp³-hybridized carbons (Fsp3) is 0.469. The van der Waals surface area contributed by atoms with E-state index < -0.39 is 80.0 Å². The van der Waals surface area contributed by atoms with Crippen LogP contribution >= 0.6 is 0 Å². The number of ether oxygens (including phenoxy) is 4. The molecule has 1 aliphatic heterocycles. The van der Waals surface area contributed by atoms with Crippen LogP contribution in [-0.4, -0.2) is 126 Å². The number of carbonyl (C=O) groups excluding carboxylic acids is 2. The predicted octanol–water partition coefficient (Wildman–Crippen LogP) is -0.197. The molecule has 0 aromatic heterocycles. The SMILES string of the molecule is C#CCOCCOCCO[C@]1(C(=O)O)C[C@H](O)[C@@H](NC(=O)C(F)F)[C@H]([C@H](O)[C@H](O)CNC(=O)Cc2ccc(-c3ccc(O)cc3)cc2)O1. The molecular weight excluding hydrogens is 642 g/mol. The first-order valence-corrected chi connectivity index (χ1v) is 14.8. The number of carbonyl (C=O) groups is 3. The maximum Gasteiger partial charge on any atom is 0.364 e. The Morgan fingerprint density at radius 2 is 1.60 bits per heavy atom. The molecular formula is C32H38F2N2O12. The molecule has 14 nitrogen and oxygen atoms in total. The van der Waals surface area contributed by atoms with E-state index in [4.69, 9.17) is 25.4 Å². The van der Waals surface area contributed by atoms with Gasteiger partial charge in [-0.1, -0.05) is 42.3 Å². The van der Waals surface area contributed by atoms with Gasteiger partial charge in [-0.3, -0.25) is 9.59 Å². The van der Waals surface area contributed by atoms with Crippen LogP contribution in [0.4, 0.5) is 8.78 Å². The van der Waals surface area contributed by atoms with Crippen molar-refractivity contribution in [2.24, 2.45) is 0 Å². The van der Waals surface area contributed by atoms with Crippen molar-refractivity contribution in [1.29, 1.82) is 0 Å². The zero-order chi connectivity index (χ0) is 35.3. The Bertz CT molecular complexity index is 1390. The van der Waals surface area contributed by atoms with Crippen molar-refractivity contribution in [2.75, 3.05) is 39.6 Å². The van der Waals surface area contributed by atoms with Crippen molar-refractivity contribution in [2.45, 2.75) is 55.5 Å². The Balaban J connectivity index is 1.64. The summed E-state index contributed by atoms with van der Waals surface area (Å²) in [5, 5.41) is 56.1. The molecule has 262 valence electrons. The standard InChI is InChI=1S/C32H38F2N2O12/c1-2-11-45-12-13-46-14-15-47-32(31(43)44)17-23(38)26(36-30(42)29(33)34)28(48-32)27(41)24(39)18-35-25(40)16-19-3-5-20(6-4-19)21-7-9-22(37)10-8-21/h1,3-10,23-24,26-29,37-39,41H,11-18H2,(H,35,40)(H,36,42)(H,43,44)/t23-,24+,26+,27+,28+,32+/m0/s1. The molecule has 2 aromatic rings. The summed E-state index contributed by atoms with van der Waals surface area (Å²) in [7, 11) is 0. The van der Waals surface area contributed by atoms with Crippen LogP contribution in [0.5, 0.6) is 5.75 Å². The highest BCUT2D eigenvalue weighted by Crippen LogP contribution is 2.33. The van der Waals surface area contributed by atoms with Crippen LogP contribution in [0, 0.1) is 12.3 Å². The van der Waals surface area contributed by atoms with E-state index in [1.165, 1.54) is 12.1 Å². The Morgan fingerprint density at radius 3 is 2.21 bits per heavy atom. The zero-order valence-corrected chi connectivity index (χ0v) is 25.7. The second kappa shape index (κ2) is 18.4. The molecule has 1 heterocycles. The number of hydrogen-bond acceptors (Lipinski definition) is 11. The third-order valence-electron chi connectivity index (χ3n) is 7.28. The summed E-state index contributed by atoms with van der Waals surface area (Å²) in [4.78, 5) is 36.7. The molecule has 0 radical (unpaired) electrons. The first kappa shape index (κ1) is 38.2. The van der Waals surface area contributed by atoms with Crippen molar-refractivity contribution in [3.8, 4) is 29.2 Å². The molecule has 0 saturated carbocycles. The van der Waals surface area contributed by atoms with Gasteiger partial charge in [-0.2, -0.15) is 8.78 Å². The van der Waals surface area contributed by atoms with Crippen molar-refractivity contribution in [3.05, 3.63) is 54.1 Å². The molecule has 7 N–H and O–H groups in total. The highest BCUT2D eigenvalue weighted by atomic mass is 19.3. The number of phenolic OH excluding ortho intramolecular Hbond substituents is 1. The van der Waals surface area contributed by atoms with Crippen molar-refractivity contribution in [1.82, 2.24) is 10.6 Å². The second-order valence-electron chi connectivity index (χ2n) is 10.7. The average Bonchev–Trinajstić information content (AvgIpc) is 3.06. The smallest absolute Gasteiger partial charge is 0.364 e. The zero-order valence-electron chi connectivity index (χ0n) is 25.7. The quantitative estimate of drug-likeness (QED) is 0.0806. The highest BCUT2D eigenvalue weighted by Gasteiger charge is 2.56. The fourth-order valence-corrected chi connectivity index (χ4v) is 4.83. The molecule has 1 saturated heterocycles. The normalized spacial score (nSPS) is 22.0. The van der Waals surface area contributed by atoms with Crippen molar-refractivity contribution in [3.63, 3.8) is 0 Å². The number of terminal acetylenes is 1. The molecule has 0 aliphatic carbocycles. The number of halogens is 2. The molecule has 0 unspecified atom stereocenters. The number of hydrogen-bond donors (Lipinski definition) is 7. The van der Waals surface area contributed by atoms with Crippen molar-refractivity contribution >= 4 is 17.8 Å². The van der Waals surface area contributed by atoms with E-state index in [0.717, 1.165) is 11.1 Å². The number of aliphatic carboxylic acids is 1. The average molecular weight is 681 g/mol. The monoisotopic (exact) mass is 680 g/mol.